The number of piperidine rings is 1. The maximum absolute atomic E-state index is 13.6. The summed E-state index contributed by atoms with van der Waals surface area (Å²) in [4.78, 5) is 29.2. The van der Waals surface area contributed by atoms with Gasteiger partial charge in [0.1, 0.15) is 17.2 Å². The predicted octanol–water partition coefficient (Wildman–Crippen LogP) is 7.13. The van der Waals surface area contributed by atoms with E-state index in [4.69, 9.17) is 15.2 Å². The third-order valence-corrected chi connectivity index (χ3v) is 9.11. The van der Waals surface area contributed by atoms with Gasteiger partial charge in [0.15, 0.2) is 0 Å². The number of anilines is 1. The first-order chi connectivity index (χ1) is 24.3. The molecule has 6 aromatic rings. The highest BCUT2D eigenvalue weighted by Gasteiger charge is 2.18. The van der Waals surface area contributed by atoms with Crippen molar-refractivity contribution in [1.82, 2.24) is 14.0 Å². The van der Waals surface area contributed by atoms with Gasteiger partial charge in [0.25, 0.3) is 11.5 Å². The number of hydrogen-bond acceptors (Lipinski definition) is 6. The van der Waals surface area contributed by atoms with E-state index >= 15 is 0 Å². The number of hydrogen-bond donors (Lipinski definition) is 2. The second kappa shape index (κ2) is 14.5. The highest BCUT2D eigenvalue weighted by molar-refractivity contribution is 6.04. The lowest BCUT2D eigenvalue weighted by molar-refractivity contribution is 0.102. The summed E-state index contributed by atoms with van der Waals surface area (Å²) in [6.07, 6.45) is 8.04. The van der Waals surface area contributed by atoms with Gasteiger partial charge < -0.3 is 29.7 Å². The fraction of sp³-hybridized carbons (Fsp3) is 0.220. The van der Waals surface area contributed by atoms with Gasteiger partial charge in [0, 0.05) is 60.0 Å². The fourth-order valence-corrected chi connectivity index (χ4v) is 6.57. The van der Waals surface area contributed by atoms with Gasteiger partial charge in [-0.1, -0.05) is 18.2 Å². The molecular formula is C41H41N5O4. The number of ether oxygens (including phenoxy) is 2. The van der Waals surface area contributed by atoms with Crippen LogP contribution in [0.4, 0.5) is 5.69 Å². The van der Waals surface area contributed by atoms with Gasteiger partial charge in [0.05, 0.1) is 13.7 Å². The lowest BCUT2D eigenvalue weighted by atomic mass is 10.1. The van der Waals surface area contributed by atoms with Gasteiger partial charge in [-0.2, -0.15) is 0 Å². The van der Waals surface area contributed by atoms with Crippen LogP contribution in [0.3, 0.4) is 0 Å². The summed E-state index contributed by atoms with van der Waals surface area (Å²) in [5.41, 5.74) is 11.6. The Morgan fingerprint density at radius 2 is 1.70 bits per heavy atom. The van der Waals surface area contributed by atoms with Crippen molar-refractivity contribution in [2.24, 2.45) is 5.73 Å². The molecule has 0 aliphatic carbocycles. The van der Waals surface area contributed by atoms with Gasteiger partial charge in [-0.25, -0.2) is 0 Å². The van der Waals surface area contributed by atoms with E-state index < -0.39 is 0 Å². The number of nitrogens with two attached hydrogens (primary N) is 1. The van der Waals surface area contributed by atoms with Crippen molar-refractivity contribution in [3.05, 3.63) is 148 Å². The maximum atomic E-state index is 13.6. The SMILES string of the molecule is COc1ccc(Cn2ccc3cc(Oc4cccc(C(=O)Nc5cc(CN6CCC[C@H](N)C6)cc(-n6ccc(C)c6)c5)c4)ccc3c2=O)cc1. The number of carbonyl (C=O) groups excluding carboxylic acids is 1. The summed E-state index contributed by atoms with van der Waals surface area (Å²) in [6.45, 7) is 5.15. The van der Waals surface area contributed by atoms with Gasteiger partial charge in [0.2, 0.25) is 0 Å². The quantitative estimate of drug-likeness (QED) is 0.161. The van der Waals surface area contributed by atoms with Crippen molar-refractivity contribution in [1.29, 1.82) is 0 Å². The lowest BCUT2D eigenvalue weighted by Gasteiger charge is -2.30. The van der Waals surface area contributed by atoms with Crippen molar-refractivity contribution in [2.45, 2.75) is 38.9 Å². The summed E-state index contributed by atoms with van der Waals surface area (Å²) in [6, 6.07) is 30.5. The van der Waals surface area contributed by atoms with E-state index in [0.29, 0.717) is 34.7 Å². The van der Waals surface area contributed by atoms with Crippen LogP contribution in [0.25, 0.3) is 16.5 Å². The molecule has 1 aliphatic heterocycles. The topological polar surface area (TPSA) is 104 Å². The number of nitrogens with zero attached hydrogens (tertiary/aromatic N) is 3. The predicted molar refractivity (Wildman–Crippen MR) is 198 cm³/mol. The molecule has 0 bridgehead atoms. The molecule has 1 saturated heterocycles. The smallest absolute Gasteiger partial charge is 0.258 e. The fourth-order valence-electron chi connectivity index (χ4n) is 6.57. The first-order valence-electron chi connectivity index (χ1n) is 16.9. The van der Waals surface area contributed by atoms with Crippen molar-refractivity contribution < 1.29 is 14.3 Å². The number of rotatable bonds is 10. The van der Waals surface area contributed by atoms with Crippen LogP contribution < -0.4 is 26.1 Å². The number of pyridine rings is 1. The molecule has 3 N–H and O–H groups in total. The highest BCUT2D eigenvalue weighted by Crippen LogP contribution is 2.27. The minimum atomic E-state index is -0.238. The standard InChI is InChI=1S/C41H41N5O4/c1-28-14-17-45(24-28)35-20-30(25-44-16-4-6-33(42)27-44)19-34(23-35)43-40(47)32-5-3-7-37(22-32)50-38-12-13-39-31(21-38)15-18-46(41(39)48)26-29-8-10-36(49-2)11-9-29/h3,5,7-15,17-24,33H,4,6,16,25-27,42H2,1-2H3,(H,43,47)/t33-/m0/s1. The van der Waals surface area contributed by atoms with Crippen LogP contribution in [0.15, 0.2) is 120 Å². The average Bonchev–Trinajstić information content (AvgIpc) is 3.56. The van der Waals surface area contributed by atoms with Crippen LogP contribution in [0, 0.1) is 6.92 Å². The van der Waals surface area contributed by atoms with Crippen LogP contribution in [0.5, 0.6) is 17.2 Å². The van der Waals surface area contributed by atoms with Gasteiger partial charge in [-0.15, -0.1) is 0 Å². The van der Waals surface area contributed by atoms with E-state index in [2.05, 4.69) is 40.0 Å². The molecule has 1 fully saturated rings. The van der Waals surface area contributed by atoms with Crippen molar-refractivity contribution in [2.75, 3.05) is 25.5 Å². The number of amides is 1. The van der Waals surface area contributed by atoms with Crippen molar-refractivity contribution in [3.8, 4) is 22.9 Å². The molecule has 1 aliphatic rings. The number of aromatic nitrogens is 2. The van der Waals surface area contributed by atoms with Gasteiger partial charge >= 0.3 is 0 Å². The summed E-state index contributed by atoms with van der Waals surface area (Å²) >= 11 is 0. The second-order valence-corrected chi connectivity index (χ2v) is 13.1. The zero-order chi connectivity index (χ0) is 34.6. The van der Waals surface area contributed by atoms with E-state index in [9.17, 15) is 9.59 Å². The maximum Gasteiger partial charge on any atom is 0.258 e. The Bertz CT molecular complexity index is 2200. The molecule has 4 aromatic carbocycles. The van der Waals surface area contributed by atoms with E-state index in [1.807, 2.05) is 60.8 Å². The molecule has 254 valence electrons. The summed E-state index contributed by atoms with van der Waals surface area (Å²) in [7, 11) is 1.63. The normalized spacial score (nSPS) is 14.8. The monoisotopic (exact) mass is 667 g/mol. The van der Waals surface area contributed by atoms with Gasteiger partial charge in [-0.3, -0.25) is 14.5 Å². The zero-order valence-electron chi connectivity index (χ0n) is 28.3. The lowest BCUT2D eigenvalue weighted by Crippen LogP contribution is -2.42. The molecule has 7 rings (SSSR count). The Kier molecular flexibility index (Phi) is 9.51. The molecule has 2 aromatic heterocycles. The zero-order valence-corrected chi connectivity index (χ0v) is 28.3. The molecule has 0 unspecified atom stereocenters. The van der Waals surface area contributed by atoms with Crippen LogP contribution >= 0.6 is 0 Å². The Labute approximate surface area is 291 Å². The first kappa shape index (κ1) is 32.9. The second-order valence-electron chi connectivity index (χ2n) is 13.1. The Hall–Kier alpha value is -5.64. The molecule has 50 heavy (non-hydrogen) atoms. The number of likely N-dealkylation sites (tertiary alicyclic amines) is 1. The largest absolute Gasteiger partial charge is 0.497 e. The number of aryl methyl sites for hydroxylation is 1. The molecular weight excluding hydrogens is 626 g/mol. The summed E-state index contributed by atoms with van der Waals surface area (Å²) in [5.74, 6) is 1.62. The van der Waals surface area contributed by atoms with E-state index in [1.165, 1.54) is 0 Å². The molecule has 3 heterocycles. The summed E-state index contributed by atoms with van der Waals surface area (Å²) in [5, 5.41) is 4.49. The number of methoxy groups -OCH3 is 1. The molecule has 0 radical (unpaired) electrons. The number of carbonyl (C=O) groups is 1. The van der Waals surface area contributed by atoms with E-state index in [1.54, 1.807) is 48.2 Å². The van der Waals surface area contributed by atoms with Crippen LogP contribution in [0.1, 0.15) is 39.9 Å². The minimum absolute atomic E-state index is 0.0813. The van der Waals surface area contributed by atoms with E-state index in [0.717, 1.165) is 66.0 Å². The molecule has 1 amide bonds. The molecule has 1 atom stereocenters. The Morgan fingerprint density at radius 1 is 0.880 bits per heavy atom. The Morgan fingerprint density at radius 3 is 2.48 bits per heavy atom. The van der Waals surface area contributed by atoms with Crippen molar-refractivity contribution in [3.63, 3.8) is 0 Å². The van der Waals surface area contributed by atoms with E-state index in [-0.39, 0.29) is 17.5 Å². The average molecular weight is 668 g/mol. The van der Waals surface area contributed by atoms with Crippen LogP contribution in [0.2, 0.25) is 0 Å². The third-order valence-electron chi connectivity index (χ3n) is 9.11. The number of fused-ring (bicyclic) bond motifs is 1. The first-order valence-corrected chi connectivity index (χ1v) is 16.9. The summed E-state index contributed by atoms with van der Waals surface area (Å²) < 4.78 is 15.2. The third kappa shape index (κ3) is 7.64. The molecule has 0 spiro atoms. The number of benzene rings is 4. The molecule has 9 nitrogen and oxygen atoms in total. The van der Waals surface area contributed by atoms with Crippen LogP contribution in [-0.2, 0) is 13.1 Å². The molecule has 9 heteroatoms. The minimum Gasteiger partial charge on any atom is -0.497 e. The van der Waals surface area contributed by atoms with Crippen molar-refractivity contribution >= 4 is 22.4 Å². The van der Waals surface area contributed by atoms with Gasteiger partial charge in [-0.05, 0) is 127 Å². The highest BCUT2D eigenvalue weighted by atomic mass is 16.5. The molecule has 0 saturated carbocycles. The Balaban J connectivity index is 1.07. The number of nitrogens with one attached hydrogen (secondary N) is 1. The van der Waals surface area contributed by atoms with Crippen LogP contribution in [-0.4, -0.2) is 46.2 Å².